The highest BCUT2D eigenvalue weighted by Crippen LogP contribution is 2.22. The van der Waals surface area contributed by atoms with E-state index in [1.807, 2.05) is 0 Å². The predicted octanol–water partition coefficient (Wildman–Crippen LogP) is 1.61. The molecule has 2 N–H and O–H groups in total. The van der Waals surface area contributed by atoms with Gasteiger partial charge < -0.3 is 15.0 Å². The van der Waals surface area contributed by atoms with Crippen LogP contribution in [0.3, 0.4) is 0 Å². The van der Waals surface area contributed by atoms with Gasteiger partial charge in [-0.1, -0.05) is 12.1 Å². The number of rotatable bonds is 7. The molecule has 7 heteroatoms. The largest absolute Gasteiger partial charge is 0.367 e. The van der Waals surface area contributed by atoms with E-state index >= 15 is 0 Å². The van der Waals surface area contributed by atoms with Crippen molar-refractivity contribution in [2.45, 2.75) is 31.9 Å². The summed E-state index contributed by atoms with van der Waals surface area (Å²) >= 11 is 1.76. The number of nitrogens with zero attached hydrogens (tertiary/aromatic N) is 3. The molecule has 0 aliphatic carbocycles. The lowest BCUT2D eigenvalue weighted by atomic mass is 10.2. The standard InChI is InChI=1S/C13H24N4O2S/c1-3-5-17-6-7-18-11(9-17)12-15-13(19-16-12)10(14)4-8-20-2/h10-11H,3-9,14H2,1-2H3/t10-,11?/m0/s1. The third-order valence-electron chi connectivity index (χ3n) is 3.39. The Morgan fingerprint density at radius 1 is 1.55 bits per heavy atom. The van der Waals surface area contributed by atoms with Crippen molar-refractivity contribution in [3.05, 3.63) is 11.7 Å². The zero-order valence-corrected chi connectivity index (χ0v) is 13.1. The van der Waals surface area contributed by atoms with Crippen molar-refractivity contribution in [3.8, 4) is 0 Å². The number of aromatic nitrogens is 2. The summed E-state index contributed by atoms with van der Waals surface area (Å²) in [7, 11) is 0. The van der Waals surface area contributed by atoms with Crippen LogP contribution in [-0.4, -0.2) is 53.3 Å². The Morgan fingerprint density at radius 2 is 2.40 bits per heavy atom. The fourth-order valence-electron chi connectivity index (χ4n) is 2.28. The summed E-state index contributed by atoms with van der Waals surface area (Å²) in [6.07, 6.45) is 3.95. The van der Waals surface area contributed by atoms with Gasteiger partial charge in [0.25, 0.3) is 0 Å². The van der Waals surface area contributed by atoms with Gasteiger partial charge in [0.15, 0.2) is 0 Å². The van der Waals surface area contributed by atoms with Crippen LogP contribution in [0.25, 0.3) is 0 Å². The van der Waals surface area contributed by atoms with E-state index in [2.05, 4.69) is 28.2 Å². The third kappa shape index (κ3) is 4.18. The van der Waals surface area contributed by atoms with Gasteiger partial charge in [0.05, 0.1) is 12.6 Å². The van der Waals surface area contributed by atoms with E-state index in [0.29, 0.717) is 18.3 Å². The molecule has 1 aromatic heterocycles. The zero-order chi connectivity index (χ0) is 14.4. The highest BCUT2D eigenvalue weighted by atomic mass is 32.2. The molecule has 1 unspecified atom stereocenters. The summed E-state index contributed by atoms with van der Waals surface area (Å²) < 4.78 is 11.0. The second kappa shape index (κ2) is 7.97. The summed E-state index contributed by atoms with van der Waals surface area (Å²) in [6.45, 7) is 5.78. The topological polar surface area (TPSA) is 77.4 Å². The molecule has 0 spiro atoms. The minimum absolute atomic E-state index is 0.0967. The SMILES string of the molecule is CCCN1CCOC(c2noc([C@@H](N)CCSC)n2)C1. The van der Waals surface area contributed by atoms with Crippen molar-refractivity contribution >= 4 is 11.8 Å². The molecule has 0 amide bonds. The molecule has 2 heterocycles. The van der Waals surface area contributed by atoms with Crippen LogP contribution >= 0.6 is 11.8 Å². The maximum atomic E-state index is 6.04. The van der Waals surface area contributed by atoms with E-state index in [9.17, 15) is 0 Å². The molecule has 0 saturated carbocycles. The Balaban J connectivity index is 1.93. The molecule has 1 fully saturated rings. The molecular weight excluding hydrogens is 276 g/mol. The monoisotopic (exact) mass is 300 g/mol. The molecule has 1 aromatic rings. The highest BCUT2D eigenvalue weighted by molar-refractivity contribution is 7.98. The van der Waals surface area contributed by atoms with E-state index in [4.69, 9.17) is 15.0 Å². The van der Waals surface area contributed by atoms with Gasteiger partial charge in [0.1, 0.15) is 6.10 Å². The van der Waals surface area contributed by atoms with E-state index in [-0.39, 0.29) is 12.1 Å². The average Bonchev–Trinajstić information content (AvgIpc) is 2.95. The molecule has 2 atom stereocenters. The van der Waals surface area contributed by atoms with Gasteiger partial charge in [-0.2, -0.15) is 16.7 Å². The third-order valence-corrected chi connectivity index (χ3v) is 4.03. The minimum atomic E-state index is -0.181. The van der Waals surface area contributed by atoms with Gasteiger partial charge in [-0.25, -0.2) is 0 Å². The Hall–Kier alpha value is -0.630. The van der Waals surface area contributed by atoms with Crippen LogP contribution in [0.15, 0.2) is 4.52 Å². The second-order valence-corrected chi connectivity index (χ2v) is 6.02. The number of morpholine rings is 1. The lowest BCUT2D eigenvalue weighted by Crippen LogP contribution is -2.39. The molecule has 114 valence electrons. The fraction of sp³-hybridized carbons (Fsp3) is 0.846. The van der Waals surface area contributed by atoms with Crippen molar-refractivity contribution in [1.29, 1.82) is 0 Å². The van der Waals surface area contributed by atoms with Gasteiger partial charge in [0, 0.05) is 13.1 Å². The van der Waals surface area contributed by atoms with Gasteiger partial charge in [0.2, 0.25) is 11.7 Å². The maximum absolute atomic E-state index is 6.04. The molecular formula is C13H24N4O2S. The Kier molecular flexibility index (Phi) is 6.28. The Labute approximate surface area is 124 Å². The number of hydrogen-bond donors (Lipinski definition) is 1. The van der Waals surface area contributed by atoms with Crippen molar-refractivity contribution in [2.75, 3.05) is 38.2 Å². The van der Waals surface area contributed by atoms with E-state index in [1.54, 1.807) is 11.8 Å². The minimum Gasteiger partial charge on any atom is -0.367 e. The van der Waals surface area contributed by atoms with Gasteiger partial charge >= 0.3 is 0 Å². The molecule has 1 aliphatic heterocycles. The van der Waals surface area contributed by atoms with Crippen molar-refractivity contribution < 1.29 is 9.26 Å². The first-order chi connectivity index (χ1) is 9.74. The smallest absolute Gasteiger partial charge is 0.243 e. The van der Waals surface area contributed by atoms with Crippen LogP contribution in [0.4, 0.5) is 0 Å². The number of hydrogen-bond acceptors (Lipinski definition) is 7. The molecule has 6 nitrogen and oxygen atoms in total. The van der Waals surface area contributed by atoms with Gasteiger partial charge in [-0.05, 0) is 31.4 Å². The molecule has 1 saturated heterocycles. The summed E-state index contributed by atoms with van der Waals surface area (Å²) in [5, 5.41) is 4.04. The van der Waals surface area contributed by atoms with Gasteiger partial charge in [-0.3, -0.25) is 4.90 Å². The van der Waals surface area contributed by atoms with Crippen LogP contribution in [0, 0.1) is 0 Å². The van der Waals surface area contributed by atoms with Gasteiger partial charge in [-0.15, -0.1) is 0 Å². The lowest BCUT2D eigenvalue weighted by molar-refractivity contribution is -0.0350. The van der Waals surface area contributed by atoms with Crippen LogP contribution in [0.5, 0.6) is 0 Å². The van der Waals surface area contributed by atoms with Crippen molar-refractivity contribution in [3.63, 3.8) is 0 Å². The summed E-state index contributed by atoms with van der Waals surface area (Å²) in [5.74, 6) is 2.13. The number of nitrogens with two attached hydrogens (primary N) is 1. The highest BCUT2D eigenvalue weighted by Gasteiger charge is 2.26. The first-order valence-electron chi connectivity index (χ1n) is 7.16. The molecule has 0 radical (unpaired) electrons. The Morgan fingerprint density at radius 3 is 3.15 bits per heavy atom. The molecule has 0 aromatic carbocycles. The average molecular weight is 300 g/mol. The first-order valence-corrected chi connectivity index (χ1v) is 8.56. The van der Waals surface area contributed by atoms with E-state index in [1.165, 1.54) is 0 Å². The molecule has 20 heavy (non-hydrogen) atoms. The van der Waals surface area contributed by atoms with E-state index in [0.717, 1.165) is 38.2 Å². The summed E-state index contributed by atoms with van der Waals surface area (Å²) in [6, 6.07) is -0.181. The van der Waals surface area contributed by atoms with Crippen LogP contribution in [0.2, 0.25) is 0 Å². The Bertz CT molecular complexity index is 399. The first kappa shape index (κ1) is 15.8. The normalized spacial score (nSPS) is 22.1. The van der Waals surface area contributed by atoms with Crippen LogP contribution < -0.4 is 5.73 Å². The van der Waals surface area contributed by atoms with Crippen molar-refractivity contribution in [2.24, 2.45) is 5.73 Å². The van der Waals surface area contributed by atoms with Crippen LogP contribution in [-0.2, 0) is 4.74 Å². The fourth-order valence-corrected chi connectivity index (χ4v) is 2.76. The maximum Gasteiger partial charge on any atom is 0.243 e. The molecule has 1 aliphatic rings. The quantitative estimate of drug-likeness (QED) is 0.819. The number of ether oxygens (including phenoxy) is 1. The zero-order valence-electron chi connectivity index (χ0n) is 12.2. The van der Waals surface area contributed by atoms with Crippen molar-refractivity contribution in [1.82, 2.24) is 15.0 Å². The second-order valence-electron chi connectivity index (χ2n) is 5.04. The number of thioether (sulfide) groups is 1. The summed E-state index contributed by atoms with van der Waals surface area (Å²) in [4.78, 5) is 6.79. The molecule has 0 bridgehead atoms. The lowest BCUT2D eigenvalue weighted by Gasteiger charge is -2.30. The summed E-state index contributed by atoms with van der Waals surface area (Å²) in [5.41, 5.74) is 6.04. The van der Waals surface area contributed by atoms with Crippen LogP contribution in [0.1, 0.15) is 43.6 Å². The van der Waals surface area contributed by atoms with E-state index < -0.39 is 0 Å². The predicted molar refractivity (Wildman–Crippen MR) is 79.6 cm³/mol. The molecule has 2 rings (SSSR count).